The topological polar surface area (TPSA) is 268 Å². The Kier molecular flexibility index (Phi) is 12.9. The SMILES string of the molecule is C[C@H]1NC(=O)[C@H](N(C)C(=O)[C@@H](CCN)NC(=O)c2cncnc2)c2ccc(OCCN)c(c2)-c2cc(ccc2O)C[C@H](C(=O)NCC#N)NC1=O. The summed E-state index contributed by atoms with van der Waals surface area (Å²) in [7, 11) is 1.37. The summed E-state index contributed by atoms with van der Waals surface area (Å²) in [6, 6.07) is 6.21. The van der Waals surface area contributed by atoms with E-state index in [1.807, 2.05) is 6.07 Å². The number of nitrogens with zero attached hydrogens (tertiary/aromatic N) is 4. The first kappa shape index (κ1) is 37.7. The molecular formula is C34H40N10O7. The Bertz CT molecular complexity index is 1800. The van der Waals surface area contributed by atoms with Crippen molar-refractivity contribution in [3.63, 3.8) is 0 Å². The van der Waals surface area contributed by atoms with Crippen LogP contribution in [0.1, 0.15) is 40.9 Å². The average molecular weight is 701 g/mol. The Labute approximate surface area is 293 Å². The van der Waals surface area contributed by atoms with E-state index in [4.69, 9.17) is 21.5 Å². The van der Waals surface area contributed by atoms with Crippen molar-refractivity contribution in [2.24, 2.45) is 11.5 Å². The van der Waals surface area contributed by atoms with Gasteiger partial charge >= 0.3 is 0 Å². The second kappa shape index (κ2) is 17.5. The standard InChI is InChI=1S/C34H40N10O7/c1-19-30(46)43-26(32(48)40-11-9-36)14-20-3-5-27(45)23(13-20)24-15-21(4-6-28(24)51-12-10-37)29(33(49)41-19)44(2)34(50)25(7-8-35)42-31(47)22-16-38-18-39-17-22/h3-6,13,15-19,25-26,29,45H,7-8,10-12,14,35,37H2,1-2H3,(H,40,48)(H,41,49)(H,42,47)(H,43,46)/t19-,25-,26-,29-/m1/s1. The molecule has 4 atom stereocenters. The number of likely N-dealkylation sites (N-methyl/N-ethyl adjacent to an activating group) is 1. The number of ether oxygens (including phenoxy) is 1. The van der Waals surface area contributed by atoms with Crippen LogP contribution in [-0.4, -0.2) is 101 Å². The molecule has 4 bridgehead atoms. The van der Waals surface area contributed by atoms with Crippen LogP contribution in [0.15, 0.2) is 55.1 Å². The van der Waals surface area contributed by atoms with Gasteiger partial charge in [0.05, 0.1) is 11.6 Å². The minimum absolute atomic E-state index is 0.0138. The number of aromatic nitrogens is 2. The largest absolute Gasteiger partial charge is 0.507 e. The fraction of sp³-hybridized carbons (Fsp3) is 0.353. The highest BCUT2D eigenvalue weighted by atomic mass is 16.5. The van der Waals surface area contributed by atoms with Gasteiger partial charge in [-0.15, -0.1) is 0 Å². The van der Waals surface area contributed by atoms with Crippen LogP contribution in [0.3, 0.4) is 0 Å². The fourth-order valence-corrected chi connectivity index (χ4v) is 5.50. The van der Waals surface area contributed by atoms with Crippen molar-refractivity contribution in [3.8, 4) is 28.7 Å². The van der Waals surface area contributed by atoms with Gasteiger partial charge in [-0.2, -0.15) is 5.26 Å². The number of aromatic hydroxyl groups is 1. The van der Waals surface area contributed by atoms with Crippen molar-refractivity contribution in [2.75, 3.05) is 33.3 Å². The summed E-state index contributed by atoms with van der Waals surface area (Å²) in [5, 5.41) is 30.4. The Morgan fingerprint density at radius 1 is 1.08 bits per heavy atom. The molecule has 3 aromatic rings. The zero-order valence-corrected chi connectivity index (χ0v) is 28.1. The molecule has 0 unspecified atom stereocenters. The van der Waals surface area contributed by atoms with E-state index in [1.54, 1.807) is 30.3 Å². The minimum Gasteiger partial charge on any atom is -0.507 e. The quantitative estimate of drug-likeness (QED) is 0.119. The van der Waals surface area contributed by atoms with E-state index in [2.05, 4.69) is 31.2 Å². The Morgan fingerprint density at radius 2 is 1.82 bits per heavy atom. The van der Waals surface area contributed by atoms with Crippen molar-refractivity contribution < 1.29 is 33.8 Å². The number of nitrogens with two attached hydrogens (primary N) is 2. The predicted octanol–water partition coefficient (Wildman–Crippen LogP) is -0.981. The Balaban J connectivity index is 1.84. The van der Waals surface area contributed by atoms with Gasteiger partial charge in [-0.25, -0.2) is 9.97 Å². The molecule has 0 saturated heterocycles. The summed E-state index contributed by atoms with van der Waals surface area (Å²) < 4.78 is 5.91. The van der Waals surface area contributed by atoms with Gasteiger partial charge in [0.1, 0.15) is 55.1 Å². The number of hydrogen-bond donors (Lipinski definition) is 7. The van der Waals surface area contributed by atoms with Gasteiger partial charge in [-0.05, 0) is 55.3 Å². The number of carbonyl (C=O) groups excluding carboxylic acids is 5. The zero-order valence-electron chi connectivity index (χ0n) is 28.1. The maximum absolute atomic E-state index is 14.1. The molecular weight excluding hydrogens is 660 g/mol. The first-order valence-electron chi connectivity index (χ1n) is 16.1. The molecule has 17 heteroatoms. The van der Waals surface area contributed by atoms with Crippen molar-refractivity contribution in [2.45, 2.75) is 43.9 Å². The molecule has 5 amide bonds. The predicted molar refractivity (Wildman–Crippen MR) is 182 cm³/mol. The Hall–Kier alpha value is -6.12. The lowest BCUT2D eigenvalue weighted by molar-refractivity contribution is -0.141. The number of nitriles is 1. The summed E-state index contributed by atoms with van der Waals surface area (Å²) in [6.07, 6.45) is 3.80. The second-order valence-electron chi connectivity index (χ2n) is 11.7. The molecule has 0 saturated carbocycles. The Morgan fingerprint density at radius 3 is 2.51 bits per heavy atom. The number of phenols is 1. The van der Waals surface area contributed by atoms with E-state index in [1.165, 1.54) is 38.8 Å². The molecule has 2 heterocycles. The smallest absolute Gasteiger partial charge is 0.255 e. The number of phenolic OH excluding ortho intramolecular Hbond substituents is 1. The molecule has 0 fully saturated rings. The summed E-state index contributed by atoms with van der Waals surface area (Å²) in [5.41, 5.74) is 13.0. The number of hydrogen-bond acceptors (Lipinski definition) is 12. The van der Waals surface area contributed by atoms with Crippen LogP contribution in [0.4, 0.5) is 0 Å². The molecule has 51 heavy (non-hydrogen) atoms. The van der Waals surface area contributed by atoms with Gasteiger partial charge in [0.25, 0.3) is 5.91 Å². The highest BCUT2D eigenvalue weighted by molar-refractivity contribution is 5.99. The van der Waals surface area contributed by atoms with Crippen LogP contribution >= 0.6 is 0 Å². The van der Waals surface area contributed by atoms with Crippen molar-refractivity contribution in [1.29, 1.82) is 5.26 Å². The molecule has 1 aromatic heterocycles. The van der Waals surface area contributed by atoms with E-state index in [0.717, 1.165) is 4.90 Å². The molecule has 9 N–H and O–H groups in total. The summed E-state index contributed by atoms with van der Waals surface area (Å²) in [5.74, 6) is -3.29. The minimum atomic E-state index is -1.39. The van der Waals surface area contributed by atoms with Gasteiger partial charge in [0, 0.05) is 43.5 Å². The zero-order chi connectivity index (χ0) is 37.1. The summed E-state index contributed by atoms with van der Waals surface area (Å²) >= 11 is 0. The number of rotatable bonds is 11. The average Bonchev–Trinajstić information content (AvgIpc) is 3.13. The molecule has 4 rings (SSSR count). The van der Waals surface area contributed by atoms with E-state index < -0.39 is 53.7 Å². The third-order valence-electron chi connectivity index (χ3n) is 8.08. The van der Waals surface area contributed by atoms with E-state index in [9.17, 15) is 29.1 Å². The van der Waals surface area contributed by atoms with Gasteiger partial charge in [0.15, 0.2) is 0 Å². The second-order valence-corrected chi connectivity index (χ2v) is 11.7. The van der Waals surface area contributed by atoms with Crippen molar-refractivity contribution in [3.05, 3.63) is 71.8 Å². The van der Waals surface area contributed by atoms with Crippen LogP contribution in [0.2, 0.25) is 0 Å². The monoisotopic (exact) mass is 700 g/mol. The van der Waals surface area contributed by atoms with E-state index in [0.29, 0.717) is 16.9 Å². The van der Waals surface area contributed by atoms with Gasteiger partial charge < -0.3 is 47.5 Å². The highest BCUT2D eigenvalue weighted by Crippen LogP contribution is 2.39. The van der Waals surface area contributed by atoms with Crippen molar-refractivity contribution >= 4 is 29.5 Å². The first-order chi connectivity index (χ1) is 24.5. The molecule has 0 radical (unpaired) electrons. The fourth-order valence-electron chi connectivity index (χ4n) is 5.50. The van der Waals surface area contributed by atoms with Crippen LogP contribution in [-0.2, 0) is 25.6 Å². The number of benzene rings is 2. The molecule has 0 spiro atoms. The third kappa shape index (κ3) is 9.32. The van der Waals surface area contributed by atoms with Gasteiger partial charge in [0.2, 0.25) is 23.6 Å². The third-order valence-corrected chi connectivity index (χ3v) is 8.08. The normalized spacial score (nSPS) is 17.7. The van der Waals surface area contributed by atoms with Crippen molar-refractivity contribution in [1.82, 2.24) is 36.1 Å². The van der Waals surface area contributed by atoms with Gasteiger partial charge in [-0.3, -0.25) is 24.0 Å². The maximum Gasteiger partial charge on any atom is 0.255 e. The number of fused-ring (bicyclic) bond motifs is 5. The summed E-state index contributed by atoms with van der Waals surface area (Å²) in [6.45, 7) is 1.41. The lowest BCUT2D eigenvalue weighted by Gasteiger charge is -2.32. The van der Waals surface area contributed by atoms with E-state index >= 15 is 0 Å². The van der Waals surface area contributed by atoms with Crippen LogP contribution in [0, 0.1) is 11.3 Å². The summed E-state index contributed by atoms with van der Waals surface area (Å²) in [4.78, 5) is 76.5. The molecule has 2 aromatic carbocycles. The molecule has 1 aliphatic heterocycles. The highest BCUT2D eigenvalue weighted by Gasteiger charge is 2.36. The lowest BCUT2D eigenvalue weighted by atomic mass is 9.93. The van der Waals surface area contributed by atoms with Gasteiger partial charge in [-0.1, -0.05) is 12.1 Å². The van der Waals surface area contributed by atoms with Crippen LogP contribution in [0.25, 0.3) is 11.1 Å². The molecule has 0 aliphatic carbocycles. The van der Waals surface area contributed by atoms with Crippen LogP contribution < -0.4 is 37.5 Å². The van der Waals surface area contributed by atoms with E-state index in [-0.39, 0.29) is 61.5 Å². The molecule has 268 valence electrons. The molecule has 1 aliphatic rings. The first-order valence-corrected chi connectivity index (χ1v) is 16.1. The number of nitrogens with one attached hydrogen (secondary N) is 4. The number of amides is 5. The lowest BCUT2D eigenvalue weighted by Crippen LogP contribution is -2.56. The maximum atomic E-state index is 14.1. The molecule has 17 nitrogen and oxygen atoms in total. The number of carbonyl (C=O) groups is 5. The van der Waals surface area contributed by atoms with Crippen LogP contribution in [0.5, 0.6) is 11.5 Å².